The van der Waals surface area contributed by atoms with E-state index in [1.54, 1.807) is 0 Å². The van der Waals surface area contributed by atoms with Gasteiger partial charge in [0.25, 0.3) is 0 Å². The Balaban J connectivity index is 0. The van der Waals surface area contributed by atoms with Crippen LogP contribution in [0.15, 0.2) is 29.0 Å². The third kappa shape index (κ3) is 11.3. The lowest BCUT2D eigenvalue weighted by Gasteiger charge is -2.11. The van der Waals surface area contributed by atoms with Crippen LogP contribution in [0.3, 0.4) is 0 Å². The summed E-state index contributed by atoms with van der Waals surface area (Å²) in [6.45, 7) is 14.1. The van der Waals surface area contributed by atoms with Crippen molar-refractivity contribution in [3.63, 3.8) is 0 Å². The quantitative estimate of drug-likeness (QED) is 0.370. The minimum atomic E-state index is -2.15. The highest BCUT2D eigenvalue weighted by molar-refractivity contribution is 6.13. The van der Waals surface area contributed by atoms with E-state index in [1.807, 2.05) is 27.7 Å². The van der Waals surface area contributed by atoms with Crippen LogP contribution in [-0.2, 0) is 4.74 Å². The number of hydrogen-bond acceptors (Lipinski definition) is 5. The number of amidine groups is 1. The average Bonchev–Trinajstić information content (AvgIpc) is 3.23. The summed E-state index contributed by atoms with van der Waals surface area (Å²) in [6, 6.07) is -0.194. The van der Waals surface area contributed by atoms with Crippen LogP contribution >= 0.6 is 0 Å². The smallest absolute Gasteiger partial charge is 0.313 e. The van der Waals surface area contributed by atoms with E-state index < -0.39 is 24.5 Å². The second-order valence-corrected chi connectivity index (χ2v) is 5.75. The number of allylic oxidation sites excluding steroid dienone is 3. The first-order chi connectivity index (χ1) is 13.2. The molecule has 0 aromatic carbocycles. The minimum absolute atomic E-state index is 0.164. The molecule has 3 N–H and O–H groups in total. The Bertz CT molecular complexity index is 511. The molecule has 0 aromatic heterocycles. The lowest BCUT2D eigenvalue weighted by Crippen LogP contribution is -2.22. The Morgan fingerprint density at radius 2 is 1.89 bits per heavy atom. The molecule has 6 nitrogen and oxygen atoms in total. The highest BCUT2D eigenvalue weighted by atomic mass is 19.1. The summed E-state index contributed by atoms with van der Waals surface area (Å²) in [4.78, 5) is 5.68. The first-order valence-electron chi connectivity index (χ1n) is 9.80. The Labute approximate surface area is 168 Å². The largest absolute Gasteiger partial charge is 0.409 e. The van der Waals surface area contributed by atoms with Crippen molar-refractivity contribution in [2.45, 2.75) is 79.5 Å². The predicted octanol–water partition coefficient (Wildman–Crippen LogP) is 4.34. The maximum Gasteiger partial charge on any atom is 0.313 e. The number of fused-ring (bicyclic) bond motifs is 1. The fourth-order valence-corrected chi connectivity index (χ4v) is 2.74. The van der Waals surface area contributed by atoms with Gasteiger partial charge in [0.2, 0.25) is 0 Å². The molecule has 0 spiro atoms. The summed E-state index contributed by atoms with van der Waals surface area (Å²) in [5.41, 5.74) is 0.134. The summed E-state index contributed by atoms with van der Waals surface area (Å²) in [5, 5.41) is 23.8. The second-order valence-electron chi connectivity index (χ2n) is 5.75. The van der Waals surface area contributed by atoms with Gasteiger partial charge in [-0.2, -0.15) is 4.99 Å². The molecule has 0 aliphatic carbocycles. The van der Waals surface area contributed by atoms with E-state index in [0.29, 0.717) is 18.2 Å². The first-order valence-corrected chi connectivity index (χ1v) is 9.80. The van der Waals surface area contributed by atoms with Gasteiger partial charge in [0, 0.05) is 12.6 Å². The molecule has 0 saturated carbocycles. The van der Waals surface area contributed by atoms with E-state index in [9.17, 15) is 8.78 Å². The molecule has 0 bridgehead atoms. The second kappa shape index (κ2) is 16.3. The van der Waals surface area contributed by atoms with Crippen molar-refractivity contribution in [2.24, 2.45) is 4.99 Å². The van der Waals surface area contributed by atoms with Gasteiger partial charge < -0.3 is 14.9 Å². The van der Waals surface area contributed by atoms with Crippen LogP contribution in [0, 0.1) is 5.41 Å². The minimum Gasteiger partial charge on any atom is -0.409 e. The third-order valence-electron chi connectivity index (χ3n) is 3.77. The maximum atomic E-state index is 13.1. The molecule has 2 unspecified atom stereocenters. The van der Waals surface area contributed by atoms with Gasteiger partial charge in [0.15, 0.2) is 0 Å². The van der Waals surface area contributed by atoms with Gasteiger partial charge in [-0.05, 0) is 51.3 Å². The summed E-state index contributed by atoms with van der Waals surface area (Å²) in [7, 11) is 0. The zero-order chi connectivity index (χ0) is 22.3. The molecule has 2 aliphatic heterocycles. The highest BCUT2D eigenvalue weighted by Crippen LogP contribution is 2.28. The third-order valence-corrected chi connectivity index (χ3v) is 3.77. The summed E-state index contributed by atoms with van der Waals surface area (Å²) in [5.74, 6) is -0.664. The summed E-state index contributed by atoms with van der Waals surface area (Å²) >= 11 is 0. The molecule has 164 valence electrons. The number of alkyl halides is 1. The SMILES string of the molecule is C=C(C)C(=N\C(=N)OC(O)O)/C(F)=C\C.CC.CC.FC1CC2CCCN2C1. The van der Waals surface area contributed by atoms with Crippen molar-refractivity contribution < 1.29 is 23.7 Å². The van der Waals surface area contributed by atoms with E-state index in [2.05, 4.69) is 21.2 Å². The highest BCUT2D eigenvalue weighted by Gasteiger charge is 2.34. The van der Waals surface area contributed by atoms with Gasteiger partial charge in [-0.25, -0.2) is 14.2 Å². The maximum absolute atomic E-state index is 13.1. The number of aliphatic imine (C=N–C) groups is 1. The van der Waals surface area contributed by atoms with E-state index in [4.69, 9.17) is 15.6 Å². The zero-order valence-corrected chi connectivity index (χ0v) is 18.0. The average molecular weight is 406 g/mol. The van der Waals surface area contributed by atoms with E-state index >= 15 is 0 Å². The van der Waals surface area contributed by atoms with Crippen molar-refractivity contribution in [3.8, 4) is 0 Å². The topological polar surface area (TPSA) is 89.1 Å². The fraction of sp³-hybridized carbons (Fsp3) is 0.700. The standard InChI is InChI=1S/C9H13FN2O3.C7H12FN.2C2H6/c1-4-6(10)7(5(2)3)12-8(11)15-9(13)14;8-6-4-7-2-1-3-9(7)5-6;2*1-2/h4,9,11,13-14H,2H2,1,3H3;6-7H,1-5H2;2*1-2H3/b6-4+,11-8?,12-7+;;;. The van der Waals surface area contributed by atoms with Gasteiger partial charge in [-0.15, -0.1) is 0 Å². The molecule has 2 saturated heterocycles. The van der Waals surface area contributed by atoms with Crippen LogP contribution in [0.4, 0.5) is 8.78 Å². The van der Waals surface area contributed by atoms with E-state index in [0.717, 1.165) is 19.0 Å². The number of rotatable bonds is 3. The van der Waals surface area contributed by atoms with Gasteiger partial charge in [0.05, 0.1) is 0 Å². The molecular formula is C20H37F2N3O3. The molecule has 8 heteroatoms. The molecule has 2 fully saturated rings. The van der Waals surface area contributed by atoms with Crippen LogP contribution in [0.5, 0.6) is 0 Å². The number of nitrogens with zero attached hydrogens (tertiary/aromatic N) is 2. The lowest BCUT2D eigenvalue weighted by atomic mass is 10.1. The number of ether oxygens (including phenoxy) is 1. The first kappa shape index (κ1) is 28.6. The zero-order valence-electron chi connectivity index (χ0n) is 18.0. The molecule has 28 heavy (non-hydrogen) atoms. The Kier molecular flexibility index (Phi) is 16.7. The van der Waals surface area contributed by atoms with Crippen LogP contribution in [0.1, 0.15) is 60.8 Å². The van der Waals surface area contributed by atoms with Crippen LogP contribution in [0.25, 0.3) is 0 Å². The number of hydrogen-bond donors (Lipinski definition) is 3. The molecule has 2 atom stereocenters. The fourth-order valence-electron chi connectivity index (χ4n) is 2.74. The molecule has 2 heterocycles. The number of aliphatic hydroxyl groups is 2. The van der Waals surface area contributed by atoms with Crippen molar-refractivity contribution in [1.82, 2.24) is 4.90 Å². The van der Waals surface area contributed by atoms with E-state index in [-0.39, 0.29) is 5.71 Å². The van der Waals surface area contributed by atoms with Crippen LogP contribution in [0.2, 0.25) is 0 Å². The van der Waals surface area contributed by atoms with Crippen LogP contribution < -0.4 is 0 Å². The molecule has 0 amide bonds. The van der Waals surface area contributed by atoms with Crippen molar-refractivity contribution in [3.05, 3.63) is 24.1 Å². The Hall–Kier alpha value is -1.64. The number of nitrogens with one attached hydrogen (secondary N) is 1. The number of halogens is 2. The van der Waals surface area contributed by atoms with Gasteiger partial charge in [-0.3, -0.25) is 4.90 Å². The monoisotopic (exact) mass is 405 g/mol. The van der Waals surface area contributed by atoms with E-state index in [1.165, 1.54) is 26.7 Å². The Morgan fingerprint density at radius 1 is 1.32 bits per heavy atom. The predicted molar refractivity (Wildman–Crippen MR) is 111 cm³/mol. The Morgan fingerprint density at radius 3 is 2.32 bits per heavy atom. The normalized spacial score (nSPS) is 21.4. The van der Waals surface area contributed by atoms with Gasteiger partial charge in [0.1, 0.15) is 17.7 Å². The van der Waals surface area contributed by atoms with Gasteiger partial charge in [-0.1, -0.05) is 34.3 Å². The van der Waals surface area contributed by atoms with Crippen LogP contribution in [-0.4, -0.2) is 58.6 Å². The van der Waals surface area contributed by atoms with Crippen molar-refractivity contribution in [2.75, 3.05) is 13.1 Å². The van der Waals surface area contributed by atoms with Crippen molar-refractivity contribution in [1.29, 1.82) is 5.41 Å². The molecule has 2 rings (SSSR count). The molecule has 2 aliphatic rings. The molecule has 0 aromatic rings. The summed E-state index contributed by atoms with van der Waals surface area (Å²) < 4.78 is 29.8. The van der Waals surface area contributed by atoms with Gasteiger partial charge >= 0.3 is 12.5 Å². The summed E-state index contributed by atoms with van der Waals surface area (Å²) in [6.07, 6.45) is 3.96. The lowest BCUT2D eigenvalue weighted by molar-refractivity contribution is -0.188. The molecule has 0 radical (unpaired) electrons. The molecular weight excluding hydrogens is 368 g/mol. The van der Waals surface area contributed by atoms with Crippen molar-refractivity contribution >= 4 is 11.7 Å². The number of aliphatic hydroxyl groups excluding tert-OH is 1.